The van der Waals surface area contributed by atoms with Crippen molar-refractivity contribution < 1.29 is 14.4 Å². The van der Waals surface area contributed by atoms with E-state index in [4.69, 9.17) is 0 Å². The Kier molecular flexibility index (Phi) is 6.88. The predicted octanol–water partition coefficient (Wildman–Crippen LogP) is 2.24. The summed E-state index contributed by atoms with van der Waals surface area (Å²) in [6.45, 7) is 1.95. The summed E-state index contributed by atoms with van der Waals surface area (Å²) in [6, 6.07) is 15.1. The maximum absolute atomic E-state index is 12.2. The zero-order chi connectivity index (χ0) is 21.3. The number of carbonyl (C=O) groups is 3. The van der Waals surface area contributed by atoms with Crippen LogP contribution in [0.2, 0.25) is 0 Å². The minimum Gasteiger partial charge on any atom is -0.352 e. The van der Waals surface area contributed by atoms with E-state index in [0.717, 1.165) is 0 Å². The summed E-state index contributed by atoms with van der Waals surface area (Å²) in [5.74, 6) is -0.671. The van der Waals surface area contributed by atoms with Gasteiger partial charge in [-0.2, -0.15) is 5.10 Å². The normalized spacial score (nSPS) is 11.4. The molecule has 1 atom stereocenters. The second-order valence-electron chi connectivity index (χ2n) is 6.54. The van der Waals surface area contributed by atoms with Crippen LogP contribution in [0.4, 0.5) is 11.4 Å². The molecule has 1 heterocycles. The van der Waals surface area contributed by atoms with Crippen molar-refractivity contribution >= 4 is 29.1 Å². The molecule has 9 nitrogen and oxygen atoms in total. The quantitative estimate of drug-likeness (QED) is 0.530. The van der Waals surface area contributed by atoms with Crippen LogP contribution >= 0.6 is 0 Å². The van der Waals surface area contributed by atoms with Gasteiger partial charge in [-0.1, -0.05) is 18.2 Å². The third-order valence-corrected chi connectivity index (χ3v) is 4.32. The van der Waals surface area contributed by atoms with Crippen LogP contribution in [0.3, 0.4) is 0 Å². The molecule has 154 valence electrons. The highest BCUT2D eigenvalue weighted by molar-refractivity contribution is 5.96. The number of anilines is 2. The molecule has 0 aliphatic rings. The molecule has 3 rings (SSSR count). The van der Waals surface area contributed by atoms with E-state index in [1.807, 2.05) is 6.07 Å². The van der Waals surface area contributed by atoms with Gasteiger partial charge in [0.25, 0.3) is 5.91 Å². The zero-order valence-electron chi connectivity index (χ0n) is 16.4. The van der Waals surface area contributed by atoms with Gasteiger partial charge in [0.05, 0.1) is 0 Å². The average Bonchev–Trinajstić information content (AvgIpc) is 3.30. The minimum absolute atomic E-state index is 0.145. The molecular weight excluding hydrogens is 384 g/mol. The van der Waals surface area contributed by atoms with Crippen LogP contribution in [-0.4, -0.2) is 39.0 Å². The summed E-state index contributed by atoms with van der Waals surface area (Å²) < 4.78 is 1.46. The molecule has 0 saturated heterocycles. The number of aromatic nitrogens is 3. The van der Waals surface area contributed by atoms with Crippen molar-refractivity contribution in [3.8, 4) is 0 Å². The third kappa shape index (κ3) is 5.74. The van der Waals surface area contributed by atoms with Gasteiger partial charge < -0.3 is 16.0 Å². The maximum Gasteiger partial charge on any atom is 0.251 e. The second kappa shape index (κ2) is 9.97. The Morgan fingerprint density at radius 2 is 1.63 bits per heavy atom. The lowest BCUT2D eigenvalue weighted by Gasteiger charge is -2.12. The van der Waals surface area contributed by atoms with Crippen molar-refractivity contribution in [2.75, 3.05) is 17.2 Å². The molecule has 3 N–H and O–H groups in total. The minimum atomic E-state index is -0.502. The molecule has 3 aromatic rings. The first-order valence-electron chi connectivity index (χ1n) is 9.41. The van der Waals surface area contributed by atoms with E-state index in [-0.39, 0.29) is 30.7 Å². The van der Waals surface area contributed by atoms with Crippen molar-refractivity contribution in [3.05, 3.63) is 72.8 Å². The fourth-order valence-corrected chi connectivity index (χ4v) is 2.63. The number of benzene rings is 2. The molecule has 0 radical (unpaired) electrons. The van der Waals surface area contributed by atoms with Crippen LogP contribution in [0, 0.1) is 0 Å². The van der Waals surface area contributed by atoms with Crippen molar-refractivity contribution in [2.24, 2.45) is 0 Å². The fourth-order valence-electron chi connectivity index (χ4n) is 2.63. The molecule has 0 fully saturated rings. The highest BCUT2D eigenvalue weighted by Gasteiger charge is 2.15. The van der Waals surface area contributed by atoms with Gasteiger partial charge in [0.15, 0.2) is 0 Å². The SMILES string of the molecule is CC(C(=O)Nc1ccc(NC(=O)CCNC(=O)c2ccccc2)cc1)n1cncn1. The standard InChI is InChI=1S/C21H22N6O3/c1-15(27-14-22-13-24-27)20(29)26-18-9-7-17(8-10-18)25-19(28)11-12-23-21(30)16-5-3-2-4-6-16/h2-10,13-15H,11-12H2,1H3,(H,23,30)(H,25,28)(H,26,29). The molecule has 0 saturated carbocycles. The first-order chi connectivity index (χ1) is 14.5. The van der Waals surface area contributed by atoms with Crippen molar-refractivity contribution in [3.63, 3.8) is 0 Å². The number of amides is 3. The van der Waals surface area contributed by atoms with E-state index >= 15 is 0 Å². The van der Waals surface area contributed by atoms with Crippen molar-refractivity contribution in [2.45, 2.75) is 19.4 Å². The Bertz CT molecular complexity index is 987. The van der Waals surface area contributed by atoms with E-state index in [2.05, 4.69) is 26.0 Å². The number of nitrogens with zero attached hydrogens (tertiary/aromatic N) is 3. The first-order valence-corrected chi connectivity index (χ1v) is 9.41. The number of rotatable bonds is 8. The number of hydrogen-bond acceptors (Lipinski definition) is 5. The summed E-state index contributed by atoms with van der Waals surface area (Å²) in [4.78, 5) is 40.1. The van der Waals surface area contributed by atoms with E-state index < -0.39 is 6.04 Å². The monoisotopic (exact) mass is 406 g/mol. The Morgan fingerprint density at radius 1 is 0.967 bits per heavy atom. The van der Waals surface area contributed by atoms with Gasteiger partial charge in [-0.3, -0.25) is 14.4 Å². The lowest BCUT2D eigenvalue weighted by atomic mass is 10.2. The van der Waals surface area contributed by atoms with E-state index in [0.29, 0.717) is 16.9 Å². The summed E-state index contributed by atoms with van der Waals surface area (Å²) in [6.07, 6.45) is 2.99. The van der Waals surface area contributed by atoms with Crippen molar-refractivity contribution in [1.29, 1.82) is 0 Å². The fraction of sp³-hybridized carbons (Fsp3) is 0.190. The van der Waals surface area contributed by atoms with Gasteiger partial charge >= 0.3 is 0 Å². The Morgan fingerprint density at radius 3 is 2.27 bits per heavy atom. The van der Waals surface area contributed by atoms with E-state index in [9.17, 15) is 14.4 Å². The van der Waals surface area contributed by atoms with Crippen LogP contribution in [0.5, 0.6) is 0 Å². The second-order valence-corrected chi connectivity index (χ2v) is 6.54. The van der Waals surface area contributed by atoms with Crippen LogP contribution in [-0.2, 0) is 9.59 Å². The largest absolute Gasteiger partial charge is 0.352 e. The third-order valence-electron chi connectivity index (χ3n) is 4.32. The summed E-state index contributed by atoms with van der Waals surface area (Å²) in [5.41, 5.74) is 1.74. The molecule has 1 aromatic heterocycles. The number of hydrogen-bond donors (Lipinski definition) is 3. The molecule has 0 spiro atoms. The summed E-state index contributed by atoms with van der Waals surface area (Å²) in [5, 5.41) is 12.2. The van der Waals surface area contributed by atoms with Crippen LogP contribution in [0.1, 0.15) is 29.7 Å². The molecule has 1 unspecified atom stereocenters. The number of nitrogens with one attached hydrogen (secondary N) is 3. The van der Waals surface area contributed by atoms with E-state index in [1.54, 1.807) is 55.5 Å². The lowest BCUT2D eigenvalue weighted by molar-refractivity contribution is -0.119. The van der Waals surface area contributed by atoms with Crippen LogP contribution < -0.4 is 16.0 Å². The maximum atomic E-state index is 12.2. The van der Waals surface area contributed by atoms with Gasteiger partial charge in [0.1, 0.15) is 18.7 Å². The van der Waals surface area contributed by atoms with Gasteiger partial charge in [-0.05, 0) is 43.3 Å². The highest BCUT2D eigenvalue weighted by atomic mass is 16.2. The van der Waals surface area contributed by atoms with Gasteiger partial charge in [-0.15, -0.1) is 0 Å². The molecule has 0 aliphatic carbocycles. The topological polar surface area (TPSA) is 118 Å². The molecule has 3 amide bonds. The van der Waals surface area contributed by atoms with E-state index in [1.165, 1.54) is 17.3 Å². The van der Waals surface area contributed by atoms with Crippen LogP contribution in [0.15, 0.2) is 67.3 Å². The summed E-state index contributed by atoms with van der Waals surface area (Å²) >= 11 is 0. The average molecular weight is 406 g/mol. The highest BCUT2D eigenvalue weighted by Crippen LogP contribution is 2.15. The molecule has 0 bridgehead atoms. The van der Waals surface area contributed by atoms with Crippen molar-refractivity contribution in [1.82, 2.24) is 20.1 Å². The molecule has 9 heteroatoms. The zero-order valence-corrected chi connectivity index (χ0v) is 16.4. The Hall–Kier alpha value is -4.01. The Labute approximate surface area is 173 Å². The molecule has 2 aromatic carbocycles. The van der Waals surface area contributed by atoms with Crippen LogP contribution in [0.25, 0.3) is 0 Å². The molecular formula is C21H22N6O3. The lowest BCUT2D eigenvalue weighted by Crippen LogP contribution is -2.27. The van der Waals surface area contributed by atoms with Gasteiger partial charge in [0, 0.05) is 29.9 Å². The summed E-state index contributed by atoms with van der Waals surface area (Å²) in [7, 11) is 0. The Balaban J connectivity index is 1.43. The molecule has 0 aliphatic heterocycles. The first kappa shape index (κ1) is 20.7. The number of carbonyl (C=O) groups excluding carboxylic acids is 3. The molecule has 30 heavy (non-hydrogen) atoms. The van der Waals surface area contributed by atoms with Gasteiger partial charge in [-0.25, -0.2) is 9.67 Å². The van der Waals surface area contributed by atoms with Gasteiger partial charge in [0.2, 0.25) is 11.8 Å². The predicted molar refractivity (Wildman–Crippen MR) is 112 cm³/mol. The smallest absolute Gasteiger partial charge is 0.251 e.